The lowest BCUT2D eigenvalue weighted by Crippen LogP contribution is -2.15. The monoisotopic (exact) mass is 372 g/mol. The molecule has 0 spiro atoms. The number of unbranched alkanes of at least 4 members (excludes halogenated alkanes) is 14. The van der Waals surface area contributed by atoms with Crippen LogP contribution in [0.2, 0.25) is 5.04 Å². The Morgan fingerprint density at radius 3 is 1.17 bits per heavy atom. The molecule has 0 atom stereocenters. The Hall–Kier alpha value is 0.507. The Bertz CT molecular complexity index is 230. The van der Waals surface area contributed by atoms with Crippen LogP contribution in [0.1, 0.15) is 136 Å². The van der Waals surface area contributed by atoms with E-state index in [2.05, 4.69) is 20.8 Å². The first-order valence-electron chi connectivity index (χ1n) is 11.1. The first kappa shape index (κ1) is 24.5. The molecule has 0 amide bonds. The van der Waals surface area contributed by atoms with Crippen LogP contribution in [0.25, 0.3) is 0 Å². The SMILES string of the molecule is CCCCCCCCCCCCCCCCCC(CC)(CC)[Si]Cl. The minimum atomic E-state index is 0.456. The van der Waals surface area contributed by atoms with Crippen molar-refractivity contribution < 1.29 is 0 Å². The van der Waals surface area contributed by atoms with E-state index in [1.165, 1.54) is 116 Å². The van der Waals surface area contributed by atoms with Crippen molar-refractivity contribution in [2.75, 3.05) is 0 Å². The zero-order valence-corrected chi connectivity index (χ0v) is 18.9. The van der Waals surface area contributed by atoms with Gasteiger partial charge in [-0.15, -0.1) is 0 Å². The maximum Gasteiger partial charge on any atom is 0.178 e. The quantitative estimate of drug-likeness (QED) is 0.120. The van der Waals surface area contributed by atoms with Crippen molar-refractivity contribution in [2.24, 2.45) is 0 Å². The fourth-order valence-corrected chi connectivity index (χ4v) is 5.24. The molecule has 24 heavy (non-hydrogen) atoms. The molecule has 2 heteroatoms. The molecule has 0 bridgehead atoms. The second-order valence-electron chi connectivity index (χ2n) is 7.78. The van der Waals surface area contributed by atoms with Crippen molar-refractivity contribution >= 4 is 19.9 Å². The van der Waals surface area contributed by atoms with Gasteiger partial charge in [-0.2, -0.15) is 11.1 Å². The maximum absolute atomic E-state index is 6.22. The molecule has 0 aliphatic carbocycles. The molecule has 0 saturated heterocycles. The molecule has 0 aliphatic rings. The summed E-state index contributed by atoms with van der Waals surface area (Å²) in [5, 5.41) is 0.456. The Morgan fingerprint density at radius 2 is 0.875 bits per heavy atom. The fourth-order valence-electron chi connectivity index (χ4n) is 3.62. The van der Waals surface area contributed by atoms with Crippen LogP contribution in [-0.2, 0) is 0 Å². The third-order valence-corrected chi connectivity index (χ3v) is 8.37. The average molecular weight is 373 g/mol. The highest BCUT2D eigenvalue weighted by Crippen LogP contribution is 2.40. The van der Waals surface area contributed by atoms with Crippen LogP contribution in [0.4, 0.5) is 0 Å². The lowest BCUT2D eigenvalue weighted by molar-refractivity contribution is 0.445. The van der Waals surface area contributed by atoms with E-state index in [1.54, 1.807) is 0 Å². The molecule has 0 rings (SSSR count). The van der Waals surface area contributed by atoms with Gasteiger partial charge < -0.3 is 0 Å². The van der Waals surface area contributed by atoms with E-state index in [0.717, 1.165) is 0 Å². The number of hydrogen-bond donors (Lipinski definition) is 0. The molecule has 0 fully saturated rings. The van der Waals surface area contributed by atoms with E-state index >= 15 is 0 Å². The summed E-state index contributed by atoms with van der Waals surface area (Å²) in [5.74, 6) is 0. The van der Waals surface area contributed by atoms with Crippen molar-refractivity contribution in [2.45, 2.75) is 141 Å². The van der Waals surface area contributed by atoms with Gasteiger partial charge in [-0.1, -0.05) is 130 Å². The first-order chi connectivity index (χ1) is 11.7. The van der Waals surface area contributed by atoms with Crippen LogP contribution in [0.15, 0.2) is 0 Å². The summed E-state index contributed by atoms with van der Waals surface area (Å²) in [5.41, 5.74) is 0. The standard InChI is InChI=1S/C22H45ClSi/c1-4-7-8-9-10-11-12-13-14-15-16-17-18-19-20-21-22(5-2,6-3)24-23/h4-21H2,1-3H3. The van der Waals surface area contributed by atoms with Gasteiger partial charge in [0.05, 0.1) is 0 Å². The summed E-state index contributed by atoms with van der Waals surface area (Å²) in [6.45, 7) is 6.91. The molecule has 144 valence electrons. The molecule has 2 radical (unpaired) electrons. The summed E-state index contributed by atoms with van der Waals surface area (Å²) in [6, 6.07) is 0. The second-order valence-corrected chi connectivity index (χ2v) is 9.60. The molecular formula is C22H45ClSi. The van der Waals surface area contributed by atoms with Crippen LogP contribution in [0.3, 0.4) is 0 Å². The van der Waals surface area contributed by atoms with Gasteiger partial charge in [-0.05, 0) is 11.5 Å². The first-order valence-corrected chi connectivity index (χ1v) is 13.1. The highest BCUT2D eigenvalue weighted by Gasteiger charge is 2.25. The van der Waals surface area contributed by atoms with Crippen molar-refractivity contribution in [1.29, 1.82) is 0 Å². The predicted octanol–water partition coefficient (Wildman–Crippen LogP) is 9.08. The van der Waals surface area contributed by atoms with Crippen LogP contribution in [0, 0.1) is 0 Å². The lowest BCUT2D eigenvalue weighted by Gasteiger charge is -2.28. The van der Waals surface area contributed by atoms with E-state index in [9.17, 15) is 0 Å². The fraction of sp³-hybridized carbons (Fsp3) is 1.00. The van der Waals surface area contributed by atoms with Gasteiger partial charge in [0.25, 0.3) is 0 Å². The molecule has 0 aromatic carbocycles. The van der Waals surface area contributed by atoms with E-state index in [1.807, 2.05) is 0 Å². The van der Waals surface area contributed by atoms with E-state index in [4.69, 9.17) is 11.1 Å². The Morgan fingerprint density at radius 1 is 0.542 bits per heavy atom. The average Bonchev–Trinajstić information content (AvgIpc) is 2.62. The molecule has 0 aromatic rings. The molecule has 0 heterocycles. The highest BCUT2D eigenvalue weighted by atomic mass is 35.6. The molecule has 0 unspecified atom stereocenters. The van der Waals surface area contributed by atoms with Crippen molar-refractivity contribution in [3.05, 3.63) is 0 Å². The summed E-state index contributed by atoms with van der Waals surface area (Å²) >= 11 is 6.22. The Kier molecular flexibility index (Phi) is 18.7. The van der Waals surface area contributed by atoms with Crippen molar-refractivity contribution in [3.8, 4) is 0 Å². The third-order valence-electron chi connectivity index (χ3n) is 5.81. The van der Waals surface area contributed by atoms with Gasteiger partial charge in [0.2, 0.25) is 0 Å². The molecular weight excluding hydrogens is 328 g/mol. The van der Waals surface area contributed by atoms with Gasteiger partial charge in [0.15, 0.2) is 8.83 Å². The summed E-state index contributed by atoms with van der Waals surface area (Å²) in [7, 11) is 0.602. The lowest BCUT2D eigenvalue weighted by atomic mass is 9.94. The highest BCUT2D eigenvalue weighted by molar-refractivity contribution is 6.95. The predicted molar refractivity (Wildman–Crippen MR) is 114 cm³/mol. The smallest absolute Gasteiger partial charge is 0.171 e. The topological polar surface area (TPSA) is 0 Å². The van der Waals surface area contributed by atoms with Gasteiger partial charge in [0, 0.05) is 0 Å². The van der Waals surface area contributed by atoms with Gasteiger partial charge in [-0.25, -0.2) is 0 Å². The Balaban J connectivity index is 3.23. The number of hydrogen-bond acceptors (Lipinski definition) is 0. The minimum absolute atomic E-state index is 0.456. The van der Waals surface area contributed by atoms with Crippen LogP contribution < -0.4 is 0 Å². The molecule has 0 saturated carbocycles. The van der Waals surface area contributed by atoms with Gasteiger partial charge >= 0.3 is 0 Å². The Labute approximate surface area is 161 Å². The zero-order valence-electron chi connectivity index (χ0n) is 17.1. The number of rotatable bonds is 19. The normalized spacial score (nSPS) is 12.0. The van der Waals surface area contributed by atoms with E-state index in [0.29, 0.717) is 13.9 Å². The van der Waals surface area contributed by atoms with E-state index < -0.39 is 0 Å². The van der Waals surface area contributed by atoms with Crippen LogP contribution in [-0.4, -0.2) is 8.83 Å². The van der Waals surface area contributed by atoms with Gasteiger partial charge in [0.1, 0.15) is 0 Å². The molecule has 0 aromatic heterocycles. The molecule has 0 nitrogen and oxygen atoms in total. The van der Waals surface area contributed by atoms with Crippen molar-refractivity contribution in [3.63, 3.8) is 0 Å². The second kappa shape index (κ2) is 18.3. The molecule has 0 aliphatic heterocycles. The minimum Gasteiger partial charge on any atom is -0.171 e. The zero-order chi connectivity index (χ0) is 17.9. The van der Waals surface area contributed by atoms with Gasteiger partial charge in [-0.3, -0.25) is 0 Å². The van der Waals surface area contributed by atoms with Crippen LogP contribution in [0.5, 0.6) is 0 Å². The summed E-state index contributed by atoms with van der Waals surface area (Å²) in [6.07, 6.45) is 25.6. The van der Waals surface area contributed by atoms with Crippen LogP contribution >= 0.6 is 11.1 Å². The maximum atomic E-state index is 6.22. The summed E-state index contributed by atoms with van der Waals surface area (Å²) < 4.78 is 0. The van der Waals surface area contributed by atoms with E-state index in [-0.39, 0.29) is 0 Å². The number of halogens is 1. The summed E-state index contributed by atoms with van der Waals surface area (Å²) in [4.78, 5) is 0. The largest absolute Gasteiger partial charge is 0.178 e. The third kappa shape index (κ3) is 13.8. The van der Waals surface area contributed by atoms with Crippen molar-refractivity contribution in [1.82, 2.24) is 0 Å². The molecule has 0 N–H and O–H groups in total.